The van der Waals surface area contributed by atoms with Crippen LogP contribution in [0.2, 0.25) is 0 Å². The van der Waals surface area contributed by atoms with Gasteiger partial charge in [0.05, 0.1) is 6.10 Å². The summed E-state index contributed by atoms with van der Waals surface area (Å²) in [5.41, 5.74) is -0.130. The predicted molar refractivity (Wildman–Crippen MR) is 59.8 cm³/mol. The minimum absolute atomic E-state index is 0.0491. The molecule has 1 aromatic heterocycles. The van der Waals surface area contributed by atoms with Crippen LogP contribution < -0.4 is 0 Å². The molecule has 0 fully saturated rings. The zero-order chi connectivity index (χ0) is 13.0. The summed E-state index contributed by atoms with van der Waals surface area (Å²) in [5.74, 6) is -1.60. The highest BCUT2D eigenvalue weighted by Gasteiger charge is 2.16. The highest BCUT2D eigenvalue weighted by Crippen LogP contribution is 2.03. The van der Waals surface area contributed by atoms with E-state index in [9.17, 15) is 9.59 Å². The van der Waals surface area contributed by atoms with Crippen molar-refractivity contribution in [2.24, 2.45) is 0 Å². The summed E-state index contributed by atoms with van der Waals surface area (Å²) >= 11 is 0. The number of hydrogen-bond donors (Lipinski definition) is 2. The number of pyridine rings is 1. The quantitative estimate of drug-likeness (QED) is 0.783. The van der Waals surface area contributed by atoms with Crippen LogP contribution in [0.3, 0.4) is 0 Å². The van der Waals surface area contributed by atoms with Crippen LogP contribution in [0, 0.1) is 0 Å². The predicted octanol–water partition coefficient (Wildman–Crippen LogP) is 0.233. The number of likely N-dealkylation sites (N-methyl/N-ethyl adjacent to an activating group) is 1. The van der Waals surface area contributed by atoms with Crippen LogP contribution in [0.25, 0.3) is 0 Å². The van der Waals surface area contributed by atoms with E-state index in [4.69, 9.17) is 10.2 Å². The van der Waals surface area contributed by atoms with E-state index < -0.39 is 18.0 Å². The number of aromatic carboxylic acids is 1. The van der Waals surface area contributed by atoms with E-state index in [0.717, 1.165) is 0 Å². The highest BCUT2D eigenvalue weighted by molar-refractivity contribution is 5.94. The first-order valence-corrected chi connectivity index (χ1v) is 5.05. The summed E-state index contributed by atoms with van der Waals surface area (Å²) in [6.45, 7) is 1.72. The van der Waals surface area contributed by atoms with Gasteiger partial charge >= 0.3 is 5.97 Å². The van der Waals surface area contributed by atoms with E-state index in [1.165, 1.54) is 30.1 Å². The Bertz CT molecular complexity index is 431. The lowest BCUT2D eigenvalue weighted by molar-refractivity contribution is 0.0684. The van der Waals surface area contributed by atoms with Gasteiger partial charge in [-0.3, -0.25) is 4.79 Å². The van der Waals surface area contributed by atoms with Crippen molar-refractivity contribution in [3.05, 3.63) is 29.6 Å². The van der Waals surface area contributed by atoms with Gasteiger partial charge in [-0.05, 0) is 19.1 Å². The fraction of sp³-hybridized carbons (Fsp3) is 0.364. The molecule has 2 N–H and O–H groups in total. The van der Waals surface area contributed by atoms with Crippen molar-refractivity contribution in [3.8, 4) is 0 Å². The molecule has 0 bridgehead atoms. The highest BCUT2D eigenvalue weighted by atomic mass is 16.4. The van der Waals surface area contributed by atoms with Crippen molar-refractivity contribution in [1.29, 1.82) is 0 Å². The third-order valence-electron chi connectivity index (χ3n) is 2.07. The number of aliphatic hydroxyl groups excluding tert-OH is 1. The fourth-order valence-electron chi connectivity index (χ4n) is 1.35. The zero-order valence-electron chi connectivity index (χ0n) is 9.62. The second-order valence-electron chi connectivity index (χ2n) is 3.75. The molecule has 0 aromatic carbocycles. The molecule has 17 heavy (non-hydrogen) atoms. The maximum atomic E-state index is 11.8. The number of amides is 1. The van der Waals surface area contributed by atoms with Gasteiger partial charge in [0.15, 0.2) is 0 Å². The number of aliphatic hydroxyl groups is 1. The van der Waals surface area contributed by atoms with Crippen molar-refractivity contribution in [2.45, 2.75) is 13.0 Å². The third-order valence-corrected chi connectivity index (χ3v) is 2.07. The minimum Gasteiger partial charge on any atom is -0.477 e. The first kappa shape index (κ1) is 13.1. The summed E-state index contributed by atoms with van der Waals surface area (Å²) in [7, 11) is 1.52. The van der Waals surface area contributed by atoms with Crippen LogP contribution in [0.1, 0.15) is 27.9 Å². The fourth-order valence-corrected chi connectivity index (χ4v) is 1.35. The molecule has 0 saturated carbocycles. The van der Waals surface area contributed by atoms with Gasteiger partial charge in [0.1, 0.15) is 11.4 Å². The molecule has 0 aliphatic carbocycles. The first-order chi connectivity index (χ1) is 7.91. The summed E-state index contributed by atoms with van der Waals surface area (Å²) in [4.78, 5) is 27.5. The molecule has 0 spiro atoms. The van der Waals surface area contributed by atoms with Crippen LogP contribution in [-0.4, -0.2) is 51.7 Å². The number of carbonyl (C=O) groups is 2. The maximum Gasteiger partial charge on any atom is 0.354 e. The van der Waals surface area contributed by atoms with Crippen LogP contribution in [0.4, 0.5) is 0 Å². The largest absolute Gasteiger partial charge is 0.477 e. The molecule has 92 valence electrons. The Labute approximate surface area is 98.5 Å². The lowest BCUT2D eigenvalue weighted by atomic mass is 10.2. The van der Waals surface area contributed by atoms with E-state index in [1.54, 1.807) is 6.92 Å². The van der Waals surface area contributed by atoms with Crippen molar-refractivity contribution in [3.63, 3.8) is 0 Å². The second kappa shape index (κ2) is 5.40. The molecule has 0 aliphatic rings. The molecular formula is C11H14N2O4. The van der Waals surface area contributed by atoms with Crippen molar-refractivity contribution < 1.29 is 19.8 Å². The smallest absolute Gasteiger partial charge is 0.354 e. The summed E-state index contributed by atoms with van der Waals surface area (Å²) < 4.78 is 0. The maximum absolute atomic E-state index is 11.8. The lowest BCUT2D eigenvalue weighted by Crippen LogP contribution is -2.33. The number of nitrogens with zero attached hydrogens (tertiary/aromatic N) is 2. The second-order valence-corrected chi connectivity index (χ2v) is 3.75. The average molecular weight is 238 g/mol. The first-order valence-electron chi connectivity index (χ1n) is 5.05. The van der Waals surface area contributed by atoms with Crippen LogP contribution >= 0.6 is 0 Å². The van der Waals surface area contributed by atoms with Crippen molar-refractivity contribution in [1.82, 2.24) is 9.88 Å². The van der Waals surface area contributed by atoms with Gasteiger partial charge in [0, 0.05) is 13.6 Å². The standard InChI is InChI=1S/C11H14N2O4/c1-7(14)6-13(2)10(15)8-4-3-5-9(12-8)11(16)17/h3-5,7,14H,6H2,1-2H3,(H,16,17). The number of hydrogen-bond acceptors (Lipinski definition) is 4. The van der Waals surface area contributed by atoms with Gasteiger partial charge in [0.2, 0.25) is 0 Å². The third kappa shape index (κ3) is 3.53. The number of carboxylic acids is 1. The monoisotopic (exact) mass is 238 g/mol. The molecule has 6 nitrogen and oxygen atoms in total. The van der Waals surface area contributed by atoms with Gasteiger partial charge < -0.3 is 15.1 Å². The van der Waals surface area contributed by atoms with Gasteiger partial charge in [-0.1, -0.05) is 6.07 Å². The Kier molecular flexibility index (Phi) is 4.17. The van der Waals surface area contributed by atoms with E-state index in [2.05, 4.69) is 4.98 Å². The zero-order valence-corrected chi connectivity index (χ0v) is 9.62. The van der Waals surface area contributed by atoms with Crippen molar-refractivity contribution in [2.75, 3.05) is 13.6 Å². The number of aromatic nitrogens is 1. The van der Waals surface area contributed by atoms with Crippen LogP contribution in [-0.2, 0) is 0 Å². The summed E-state index contributed by atoms with van der Waals surface area (Å²) in [6.07, 6.45) is -0.647. The minimum atomic E-state index is -1.18. The Hall–Kier alpha value is -1.95. The molecule has 0 saturated heterocycles. The van der Waals surface area contributed by atoms with Crippen LogP contribution in [0.15, 0.2) is 18.2 Å². The Morgan fingerprint density at radius 3 is 2.53 bits per heavy atom. The molecule has 1 atom stereocenters. The molecule has 0 aliphatic heterocycles. The van der Waals surface area contributed by atoms with Crippen molar-refractivity contribution >= 4 is 11.9 Å². The van der Waals surface area contributed by atoms with E-state index >= 15 is 0 Å². The molecule has 1 rings (SSSR count). The molecule has 1 aromatic rings. The van der Waals surface area contributed by atoms with Gasteiger partial charge in [-0.2, -0.15) is 0 Å². The van der Waals surface area contributed by atoms with Crippen LogP contribution in [0.5, 0.6) is 0 Å². The molecule has 6 heteroatoms. The molecule has 0 radical (unpaired) electrons. The SMILES string of the molecule is CC(O)CN(C)C(=O)c1cccc(C(=O)O)n1. The normalized spacial score (nSPS) is 11.9. The summed E-state index contributed by atoms with van der Waals surface area (Å²) in [6, 6.07) is 4.21. The molecule has 1 unspecified atom stereocenters. The molecule has 1 heterocycles. The van der Waals surface area contributed by atoms with Gasteiger partial charge in [-0.15, -0.1) is 0 Å². The Morgan fingerprint density at radius 1 is 1.41 bits per heavy atom. The lowest BCUT2D eigenvalue weighted by Gasteiger charge is -2.18. The van der Waals surface area contributed by atoms with Gasteiger partial charge in [0.25, 0.3) is 5.91 Å². The van der Waals surface area contributed by atoms with Gasteiger partial charge in [-0.25, -0.2) is 9.78 Å². The average Bonchev–Trinajstić information content (AvgIpc) is 2.27. The molecular weight excluding hydrogens is 224 g/mol. The number of carbonyl (C=O) groups excluding carboxylic acids is 1. The Morgan fingerprint density at radius 2 is 2.00 bits per heavy atom. The molecule has 1 amide bonds. The Balaban J connectivity index is 2.89. The summed E-state index contributed by atoms with van der Waals surface area (Å²) in [5, 5.41) is 17.9. The number of rotatable bonds is 4. The van der Waals surface area contributed by atoms with E-state index in [0.29, 0.717) is 0 Å². The topological polar surface area (TPSA) is 90.7 Å². The van der Waals surface area contributed by atoms with E-state index in [1.807, 2.05) is 0 Å². The number of carboxylic acid groups (broad SMARTS) is 1. The van der Waals surface area contributed by atoms with E-state index in [-0.39, 0.29) is 17.9 Å².